The SMILES string of the molecule is N#CC1CN(C(=O)C=CC(=O)O)CCO1. The summed E-state index contributed by atoms with van der Waals surface area (Å²) in [5, 5.41) is 16.9. The van der Waals surface area contributed by atoms with Gasteiger partial charge in [0.1, 0.15) is 0 Å². The molecule has 1 amide bonds. The number of hydrogen-bond acceptors (Lipinski definition) is 4. The number of nitrogens with zero attached hydrogens (tertiary/aromatic N) is 2. The molecule has 80 valence electrons. The fourth-order valence-corrected chi connectivity index (χ4v) is 1.18. The van der Waals surface area contributed by atoms with E-state index in [2.05, 4.69) is 0 Å². The number of morpholine rings is 1. The Morgan fingerprint density at radius 3 is 2.87 bits per heavy atom. The van der Waals surface area contributed by atoms with Gasteiger partial charge in [0.25, 0.3) is 0 Å². The molecule has 1 rings (SSSR count). The zero-order valence-electron chi connectivity index (χ0n) is 7.92. The topological polar surface area (TPSA) is 90.6 Å². The Morgan fingerprint density at radius 2 is 2.27 bits per heavy atom. The van der Waals surface area contributed by atoms with E-state index < -0.39 is 18.0 Å². The smallest absolute Gasteiger partial charge is 0.328 e. The predicted molar refractivity (Wildman–Crippen MR) is 48.7 cm³/mol. The Balaban J connectivity index is 2.53. The van der Waals surface area contributed by atoms with Gasteiger partial charge in [-0.3, -0.25) is 4.79 Å². The van der Waals surface area contributed by atoms with E-state index in [-0.39, 0.29) is 6.54 Å². The van der Waals surface area contributed by atoms with Crippen LogP contribution in [0.5, 0.6) is 0 Å². The van der Waals surface area contributed by atoms with Crippen LogP contribution in [0.4, 0.5) is 0 Å². The molecule has 1 heterocycles. The average Bonchev–Trinajstić information content (AvgIpc) is 2.26. The Morgan fingerprint density at radius 1 is 1.53 bits per heavy atom. The number of rotatable bonds is 2. The molecule has 1 atom stereocenters. The van der Waals surface area contributed by atoms with Gasteiger partial charge in [-0.15, -0.1) is 0 Å². The minimum absolute atomic E-state index is 0.180. The molecule has 6 heteroatoms. The Kier molecular flexibility index (Phi) is 3.83. The van der Waals surface area contributed by atoms with Gasteiger partial charge in [-0.2, -0.15) is 5.26 Å². The Hall–Kier alpha value is -1.87. The van der Waals surface area contributed by atoms with Crippen molar-refractivity contribution in [3.8, 4) is 6.07 Å². The van der Waals surface area contributed by atoms with E-state index in [0.717, 1.165) is 12.2 Å². The van der Waals surface area contributed by atoms with Gasteiger partial charge in [0, 0.05) is 18.7 Å². The van der Waals surface area contributed by atoms with Gasteiger partial charge in [0.2, 0.25) is 5.91 Å². The van der Waals surface area contributed by atoms with Crippen LogP contribution in [-0.4, -0.2) is 47.7 Å². The minimum Gasteiger partial charge on any atom is -0.478 e. The lowest BCUT2D eigenvalue weighted by Gasteiger charge is -2.28. The molecule has 6 nitrogen and oxygen atoms in total. The molecule has 1 aliphatic rings. The number of carbonyl (C=O) groups is 2. The summed E-state index contributed by atoms with van der Waals surface area (Å²) < 4.78 is 5.04. The van der Waals surface area contributed by atoms with Crippen LogP contribution in [0.15, 0.2) is 12.2 Å². The number of ether oxygens (including phenoxy) is 1. The van der Waals surface area contributed by atoms with Crippen LogP contribution < -0.4 is 0 Å². The summed E-state index contributed by atoms with van der Waals surface area (Å²) in [7, 11) is 0. The number of hydrogen-bond donors (Lipinski definition) is 1. The van der Waals surface area contributed by atoms with Gasteiger partial charge in [0.15, 0.2) is 6.10 Å². The molecule has 0 radical (unpaired) electrons. The van der Waals surface area contributed by atoms with Gasteiger partial charge >= 0.3 is 5.97 Å². The zero-order valence-corrected chi connectivity index (χ0v) is 7.92. The molecule has 0 spiro atoms. The number of amides is 1. The number of aliphatic carboxylic acids is 1. The van der Waals surface area contributed by atoms with E-state index in [1.54, 1.807) is 0 Å². The molecule has 1 N–H and O–H groups in total. The first-order valence-corrected chi connectivity index (χ1v) is 4.34. The molecule has 0 aromatic heterocycles. The summed E-state index contributed by atoms with van der Waals surface area (Å²) in [6.07, 6.45) is 1.13. The largest absolute Gasteiger partial charge is 0.478 e. The van der Waals surface area contributed by atoms with E-state index in [0.29, 0.717) is 13.2 Å². The monoisotopic (exact) mass is 210 g/mol. The van der Waals surface area contributed by atoms with Crippen molar-refractivity contribution in [1.29, 1.82) is 5.26 Å². The van der Waals surface area contributed by atoms with Gasteiger partial charge in [-0.25, -0.2) is 4.79 Å². The molecule has 0 saturated carbocycles. The first kappa shape index (κ1) is 11.2. The first-order chi connectivity index (χ1) is 7.13. The average molecular weight is 210 g/mol. The van der Waals surface area contributed by atoms with Crippen LogP contribution in [0.1, 0.15) is 0 Å². The fourth-order valence-electron chi connectivity index (χ4n) is 1.18. The van der Waals surface area contributed by atoms with Gasteiger partial charge < -0.3 is 14.7 Å². The third kappa shape index (κ3) is 3.40. The molecular formula is C9H10N2O4. The maximum absolute atomic E-state index is 11.4. The molecule has 1 unspecified atom stereocenters. The minimum atomic E-state index is -1.17. The van der Waals surface area contributed by atoms with Crippen molar-refractivity contribution in [1.82, 2.24) is 4.90 Å². The number of carboxylic acids is 1. The highest BCUT2D eigenvalue weighted by Crippen LogP contribution is 2.04. The van der Waals surface area contributed by atoms with Crippen LogP contribution >= 0.6 is 0 Å². The summed E-state index contributed by atoms with van der Waals surface area (Å²) in [5.74, 6) is -1.59. The highest BCUT2D eigenvalue weighted by atomic mass is 16.5. The second kappa shape index (κ2) is 5.12. The quantitative estimate of drug-likeness (QED) is 0.613. The van der Waals surface area contributed by atoms with Crippen molar-refractivity contribution in [3.05, 3.63) is 12.2 Å². The summed E-state index contributed by atoms with van der Waals surface area (Å²) in [5.41, 5.74) is 0. The second-order valence-electron chi connectivity index (χ2n) is 2.94. The molecule has 1 saturated heterocycles. The van der Waals surface area contributed by atoms with E-state index in [1.807, 2.05) is 6.07 Å². The van der Waals surface area contributed by atoms with Gasteiger partial charge in [-0.05, 0) is 0 Å². The fraction of sp³-hybridized carbons (Fsp3) is 0.444. The maximum atomic E-state index is 11.4. The van der Waals surface area contributed by atoms with Crippen LogP contribution in [0.2, 0.25) is 0 Å². The standard InChI is InChI=1S/C9H10N2O4/c10-5-7-6-11(3-4-15-7)8(12)1-2-9(13)14/h1-2,7H,3-4,6H2,(H,13,14). The highest BCUT2D eigenvalue weighted by molar-refractivity contribution is 5.93. The van der Waals surface area contributed by atoms with Crippen molar-refractivity contribution in [3.63, 3.8) is 0 Å². The van der Waals surface area contributed by atoms with E-state index in [1.165, 1.54) is 4.90 Å². The van der Waals surface area contributed by atoms with Crippen LogP contribution in [0.3, 0.4) is 0 Å². The lowest BCUT2D eigenvalue weighted by Crippen LogP contribution is -2.44. The van der Waals surface area contributed by atoms with Crippen molar-refractivity contribution < 1.29 is 19.4 Å². The summed E-state index contributed by atoms with van der Waals surface area (Å²) in [6.45, 7) is 0.852. The molecule has 1 fully saturated rings. The number of carbonyl (C=O) groups excluding carboxylic acids is 1. The van der Waals surface area contributed by atoms with E-state index >= 15 is 0 Å². The van der Waals surface area contributed by atoms with Crippen molar-refractivity contribution in [2.75, 3.05) is 19.7 Å². The molecule has 0 aromatic carbocycles. The third-order valence-electron chi connectivity index (χ3n) is 1.89. The molecule has 0 aliphatic carbocycles. The lowest BCUT2D eigenvalue weighted by molar-refractivity contribution is -0.134. The van der Waals surface area contributed by atoms with E-state index in [9.17, 15) is 9.59 Å². The van der Waals surface area contributed by atoms with Crippen molar-refractivity contribution in [2.24, 2.45) is 0 Å². The number of carboxylic acid groups (broad SMARTS) is 1. The van der Waals surface area contributed by atoms with Crippen LogP contribution in [0, 0.1) is 11.3 Å². The second-order valence-corrected chi connectivity index (χ2v) is 2.94. The molecule has 1 aliphatic heterocycles. The normalized spacial score (nSPS) is 21.3. The summed E-state index contributed by atoms with van der Waals surface area (Å²) >= 11 is 0. The summed E-state index contributed by atoms with van der Waals surface area (Å²) in [4.78, 5) is 22.9. The number of nitriles is 1. The third-order valence-corrected chi connectivity index (χ3v) is 1.89. The van der Waals surface area contributed by atoms with E-state index in [4.69, 9.17) is 15.1 Å². The predicted octanol–water partition coefficient (Wildman–Crippen LogP) is -0.622. The maximum Gasteiger partial charge on any atom is 0.328 e. The molecular weight excluding hydrogens is 200 g/mol. The van der Waals surface area contributed by atoms with Gasteiger partial charge in [0.05, 0.1) is 19.2 Å². The Labute approximate surface area is 86.3 Å². The molecule has 15 heavy (non-hydrogen) atoms. The summed E-state index contributed by atoms with van der Waals surface area (Å²) in [6, 6.07) is 1.90. The molecule has 0 aromatic rings. The Bertz CT molecular complexity index is 331. The van der Waals surface area contributed by atoms with Crippen LogP contribution in [-0.2, 0) is 14.3 Å². The van der Waals surface area contributed by atoms with Crippen LogP contribution in [0.25, 0.3) is 0 Å². The van der Waals surface area contributed by atoms with Crippen molar-refractivity contribution >= 4 is 11.9 Å². The first-order valence-electron chi connectivity index (χ1n) is 4.34. The van der Waals surface area contributed by atoms with Gasteiger partial charge in [-0.1, -0.05) is 0 Å². The van der Waals surface area contributed by atoms with Crippen molar-refractivity contribution in [2.45, 2.75) is 6.10 Å². The lowest BCUT2D eigenvalue weighted by atomic mass is 10.3. The highest BCUT2D eigenvalue weighted by Gasteiger charge is 2.22. The molecule has 0 bridgehead atoms. The zero-order chi connectivity index (χ0) is 11.3.